The van der Waals surface area contributed by atoms with Gasteiger partial charge in [0.2, 0.25) is 0 Å². The summed E-state index contributed by atoms with van der Waals surface area (Å²) in [5, 5.41) is 0.0545. The number of allylic oxidation sites excluding steroid dienone is 1. The molecule has 0 aliphatic carbocycles. The van der Waals surface area contributed by atoms with Crippen LogP contribution in [0.3, 0.4) is 0 Å². The summed E-state index contributed by atoms with van der Waals surface area (Å²) in [4.78, 5) is 10.9. The summed E-state index contributed by atoms with van der Waals surface area (Å²) in [6.07, 6.45) is 11.5. The Morgan fingerprint density at radius 1 is 1.21 bits per heavy atom. The van der Waals surface area contributed by atoms with Crippen LogP contribution in [0.2, 0.25) is 18.1 Å². The molecule has 0 saturated heterocycles. The predicted octanol–water partition coefficient (Wildman–Crippen LogP) is 6.41. The lowest BCUT2D eigenvalue weighted by molar-refractivity contribution is -0.104. The van der Waals surface area contributed by atoms with E-state index in [1.165, 1.54) is 11.6 Å². The molecule has 0 radical (unpaired) electrons. The van der Waals surface area contributed by atoms with Gasteiger partial charge in [0.15, 0.2) is 8.32 Å². The minimum atomic E-state index is -2.09. The van der Waals surface area contributed by atoms with Crippen molar-refractivity contribution in [3.05, 3.63) is 65.8 Å². The molecule has 5 nitrogen and oxygen atoms in total. The lowest BCUT2D eigenvalue weighted by atomic mass is 10.0. The Labute approximate surface area is 207 Å². The topological polar surface area (TPSA) is 54.0 Å². The Bertz CT molecular complexity index is 849. The molecule has 2 rings (SSSR count). The fraction of sp³-hybridized carbons (Fsp3) is 0.536. The van der Waals surface area contributed by atoms with Gasteiger partial charge in [-0.15, -0.1) is 0 Å². The molecule has 1 aromatic rings. The van der Waals surface area contributed by atoms with Crippen molar-refractivity contribution in [2.24, 2.45) is 0 Å². The zero-order chi connectivity index (χ0) is 25.2. The van der Waals surface area contributed by atoms with Gasteiger partial charge in [0.1, 0.15) is 12.0 Å². The molecule has 1 aliphatic heterocycles. The number of hydrogen-bond donors (Lipinski definition) is 0. The zero-order valence-electron chi connectivity index (χ0n) is 21.9. The van der Waals surface area contributed by atoms with Crippen molar-refractivity contribution < 1.29 is 23.4 Å². The van der Waals surface area contributed by atoms with Crippen LogP contribution < -0.4 is 4.74 Å². The number of rotatable bonds is 12. The van der Waals surface area contributed by atoms with Crippen molar-refractivity contribution in [2.45, 2.75) is 83.6 Å². The maximum absolute atomic E-state index is 10.9. The molecule has 0 fully saturated rings. The number of carbonyl (C=O) groups is 1. The summed E-state index contributed by atoms with van der Waals surface area (Å²) < 4.78 is 24.4. The van der Waals surface area contributed by atoms with E-state index in [2.05, 4.69) is 59.0 Å². The molecule has 0 bridgehead atoms. The van der Waals surface area contributed by atoms with Gasteiger partial charge in [0.25, 0.3) is 0 Å². The molecule has 0 saturated carbocycles. The summed E-state index contributed by atoms with van der Waals surface area (Å²) in [7, 11) is -0.437. The molecule has 1 heterocycles. The zero-order valence-corrected chi connectivity index (χ0v) is 22.9. The monoisotopic (exact) mass is 486 g/mol. The smallest absolute Gasteiger partial charge is 0.193 e. The van der Waals surface area contributed by atoms with Gasteiger partial charge in [-0.2, -0.15) is 0 Å². The Morgan fingerprint density at radius 3 is 2.50 bits per heavy atom. The van der Waals surface area contributed by atoms with Crippen LogP contribution in [0.5, 0.6) is 5.75 Å². The minimum Gasteiger partial charge on any atom is -0.497 e. The van der Waals surface area contributed by atoms with Gasteiger partial charge in [-0.25, -0.2) is 0 Å². The molecular formula is C28H42O5Si. The highest BCUT2D eigenvalue weighted by Crippen LogP contribution is 2.38. The maximum Gasteiger partial charge on any atom is 0.193 e. The molecule has 6 heteroatoms. The Kier molecular flexibility index (Phi) is 11.0. The average molecular weight is 487 g/mol. The Morgan fingerprint density at radius 2 is 1.91 bits per heavy atom. The van der Waals surface area contributed by atoms with E-state index < -0.39 is 8.32 Å². The van der Waals surface area contributed by atoms with Crippen LogP contribution in [0.4, 0.5) is 0 Å². The molecule has 3 unspecified atom stereocenters. The van der Waals surface area contributed by atoms with E-state index in [-0.39, 0.29) is 23.4 Å². The normalized spacial score (nSPS) is 19.3. The fourth-order valence-electron chi connectivity index (χ4n) is 3.38. The highest BCUT2D eigenvalue weighted by molar-refractivity contribution is 6.74. The molecule has 1 aliphatic rings. The predicted molar refractivity (Wildman–Crippen MR) is 141 cm³/mol. The van der Waals surface area contributed by atoms with Crippen LogP contribution >= 0.6 is 0 Å². The summed E-state index contributed by atoms with van der Waals surface area (Å²) in [6, 6.07) is 7.86. The molecule has 0 aromatic heterocycles. The third-order valence-electron chi connectivity index (χ3n) is 6.59. The molecule has 34 heavy (non-hydrogen) atoms. The van der Waals surface area contributed by atoms with Crippen LogP contribution in [0.25, 0.3) is 0 Å². The van der Waals surface area contributed by atoms with Crippen molar-refractivity contribution in [2.75, 3.05) is 13.7 Å². The first kappa shape index (κ1) is 28.2. The Balaban J connectivity index is 2.27. The number of hydrogen-bond acceptors (Lipinski definition) is 5. The molecule has 0 N–H and O–H groups in total. The van der Waals surface area contributed by atoms with E-state index in [0.29, 0.717) is 19.6 Å². The lowest BCUT2D eigenvalue weighted by Gasteiger charge is -2.40. The molecular weight excluding hydrogens is 444 g/mol. The number of aldehydes is 1. The van der Waals surface area contributed by atoms with Gasteiger partial charge in [-0.05, 0) is 61.7 Å². The van der Waals surface area contributed by atoms with Gasteiger partial charge in [0, 0.05) is 0 Å². The lowest BCUT2D eigenvalue weighted by Crippen LogP contribution is -2.47. The van der Waals surface area contributed by atoms with Gasteiger partial charge in [-0.3, -0.25) is 4.79 Å². The van der Waals surface area contributed by atoms with E-state index in [4.69, 9.17) is 18.6 Å². The van der Waals surface area contributed by atoms with Gasteiger partial charge in [0.05, 0.1) is 38.6 Å². The van der Waals surface area contributed by atoms with E-state index in [0.717, 1.165) is 24.0 Å². The second-order valence-corrected chi connectivity index (χ2v) is 15.1. The Hall–Kier alpha value is -1.99. The summed E-state index contributed by atoms with van der Waals surface area (Å²) in [5.41, 5.74) is 2.39. The van der Waals surface area contributed by atoms with E-state index in [1.807, 2.05) is 30.3 Å². The number of carbonyl (C=O) groups excluding carboxylic acids is 1. The third-order valence-corrected chi connectivity index (χ3v) is 11.1. The highest BCUT2D eigenvalue weighted by atomic mass is 28.4. The van der Waals surface area contributed by atoms with Gasteiger partial charge >= 0.3 is 0 Å². The maximum atomic E-state index is 10.9. The first-order chi connectivity index (χ1) is 16.1. The first-order valence-corrected chi connectivity index (χ1v) is 14.9. The van der Waals surface area contributed by atoms with Gasteiger partial charge < -0.3 is 18.6 Å². The fourth-order valence-corrected chi connectivity index (χ4v) is 4.64. The highest BCUT2D eigenvalue weighted by Gasteiger charge is 2.40. The van der Waals surface area contributed by atoms with E-state index >= 15 is 0 Å². The van der Waals surface area contributed by atoms with Crippen LogP contribution in [0.15, 0.2) is 60.2 Å². The minimum absolute atomic E-state index is 0.0308. The number of ether oxygens (including phenoxy) is 3. The molecule has 3 atom stereocenters. The van der Waals surface area contributed by atoms with Crippen molar-refractivity contribution in [3.8, 4) is 5.75 Å². The molecule has 0 amide bonds. The van der Waals surface area contributed by atoms with Crippen LogP contribution in [0.1, 0.15) is 46.1 Å². The van der Waals surface area contributed by atoms with Crippen molar-refractivity contribution in [1.82, 2.24) is 0 Å². The van der Waals surface area contributed by atoms with Crippen LogP contribution in [0, 0.1) is 0 Å². The number of benzene rings is 1. The largest absolute Gasteiger partial charge is 0.497 e. The number of methoxy groups -OCH3 is 1. The SMILES string of the molecule is COc1ccc(COC(C/C=C/C=O)C(/C=C/C2CC(C)=CCO2)O[Si](C)(C)C(C)(C)C)cc1. The van der Waals surface area contributed by atoms with Gasteiger partial charge in [-0.1, -0.05) is 62.8 Å². The van der Waals surface area contributed by atoms with Crippen molar-refractivity contribution in [3.63, 3.8) is 0 Å². The summed E-state index contributed by atoms with van der Waals surface area (Å²) in [6.45, 7) is 14.4. The summed E-state index contributed by atoms with van der Waals surface area (Å²) >= 11 is 0. The standard InChI is InChI=1S/C28H42O5Si/c1-22-17-19-31-25(20-22)15-16-27(33-34(6,7)28(2,3)4)26(10-8-9-18-29)32-21-23-11-13-24(30-5)14-12-23/h8-9,11-18,25-27H,10,19-21H2,1-7H3/b9-8+,16-15+. The van der Waals surface area contributed by atoms with Crippen LogP contribution in [-0.2, 0) is 25.3 Å². The third kappa shape index (κ3) is 8.99. The average Bonchev–Trinajstić information content (AvgIpc) is 2.78. The van der Waals surface area contributed by atoms with E-state index in [9.17, 15) is 4.79 Å². The second kappa shape index (κ2) is 13.2. The van der Waals surface area contributed by atoms with Crippen molar-refractivity contribution in [1.29, 1.82) is 0 Å². The van der Waals surface area contributed by atoms with Crippen LogP contribution in [-0.4, -0.2) is 46.6 Å². The quantitative estimate of drug-likeness (QED) is 0.148. The summed E-state index contributed by atoms with van der Waals surface area (Å²) in [5.74, 6) is 0.813. The molecule has 0 spiro atoms. The molecule has 188 valence electrons. The van der Waals surface area contributed by atoms with E-state index in [1.54, 1.807) is 7.11 Å². The van der Waals surface area contributed by atoms with Crippen molar-refractivity contribution >= 4 is 14.6 Å². The molecule has 1 aromatic carbocycles. The second-order valence-electron chi connectivity index (χ2n) is 10.4. The first-order valence-electron chi connectivity index (χ1n) is 12.0.